The first-order valence-electron chi connectivity index (χ1n) is 7.86. The summed E-state index contributed by atoms with van der Waals surface area (Å²) >= 11 is 0. The number of nitrogens with one attached hydrogen (secondary N) is 2. The van der Waals surface area contributed by atoms with Crippen molar-refractivity contribution < 1.29 is 13.6 Å². The quantitative estimate of drug-likeness (QED) is 0.715. The van der Waals surface area contributed by atoms with Gasteiger partial charge in [-0.05, 0) is 17.7 Å². The van der Waals surface area contributed by atoms with Crippen LogP contribution >= 0.6 is 0 Å². The Kier molecular flexibility index (Phi) is 5.18. The van der Waals surface area contributed by atoms with E-state index in [2.05, 4.69) is 15.3 Å². The number of hydrogen-bond acceptors (Lipinski definition) is 2. The first-order valence-corrected chi connectivity index (χ1v) is 7.86. The van der Waals surface area contributed by atoms with Crippen molar-refractivity contribution in [2.45, 2.75) is 12.3 Å². The molecule has 0 fully saturated rings. The van der Waals surface area contributed by atoms with E-state index in [0.29, 0.717) is 17.0 Å². The fourth-order valence-corrected chi connectivity index (χ4v) is 2.56. The molecule has 2 aromatic carbocycles. The summed E-state index contributed by atoms with van der Waals surface area (Å²) in [5.41, 5.74) is 1.76. The van der Waals surface area contributed by atoms with Crippen molar-refractivity contribution in [1.82, 2.24) is 15.3 Å². The summed E-state index contributed by atoms with van der Waals surface area (Å²) in [6, 6.07) is 15.3. The van der Waals surface area contributed by atoms with E-state index < -0.39 is 12.3 Å². The molecule has 6 heteroatoms. The highest BCUT2D eigenvalue weighted by molar-refractivity contribution is 5.94. The molecule has 25 heavy (non-hydrogen) atoms. The van der Waals surface area contributed by atoms with E-state index in [4.69, 9.17) is 0 Å². The van der Waals surface area contributed by atoms with E-state index in [9.17, 15) is 13.6 Å². The fourth-order valence-electron chi connectivity index (χ4n) is 2.56. The maximum absolute atomic E-state index is 13.3. The number of rotatable bonds is 6. The number of carbonyl (C=O) groups excluding carboxylic acids is 1. The van der Waals surface area contributed by atoms with Gasteiger partial charge < -0.3 is 10.3 Å². The Morgan fingerprint density at radius 1 is 1.08 bits per heavy atom. The van der Waals surface area contributed by atoms with Gasteiger partial charge in [0.2, 0.25) is 6.43 Å². The van der Waals surface area contributed by atoms with Crippen molar-refractivity contribution in [2.75, 3.05) is 6.54 Å². The Labute approximate surface area is 143 Å². The zero-order chi connectivity index (χ0) is 17.6. The minimum atomic E-state index is -2.55. The molecule has 1 aromatic heterocycles. The van der Waals surface area contributed by atoms with Crippen LogP contribution in [0.1, 0.15) is 21.8 Å². The zero-order valence-electron chi connectivity index (χ0n) is 13.3. The second-order valence-corrected chi connectivity index (χ2v) is 5.58. The molecule has 1 unspecified atom stereocenters. The van der Waals surface area contributed by atoms with Gasteiger partial charge in [0.1, 0.15) is 5.82 Å². The summed E-state index contributed by atoms with van der Waals surface area (Å²) < 4.78 is 26.6. The maximum atomic E-state index is 13.3. The van der Waals surface area contributed by atoms with Crippen LogP contribution in [0.15, 0.2) is 67.0 Å². The van der Waals surface area contributed by atoms with Crippen LogP contribution in [0.3, 0.4) is 0 Å². The van der Waals surface area contributed by atoms with Gasteiger partial charge in [0.15, 0.2) is 0 Å². The van der Waals surface area contributed by atoms with Gasteiger partial charge in [-0.3, -0.25) is 4.79 Å². The molecule has 2 N–H and O–H groups in total. The number of imidazole rings is 1. The number of benzene rings is 2. The van der Waals surface area contributed by atoms with Crippen LogP contribution in [0.5, 0.6) is 0 Å². The third kappa shape index (κ3) is 4.09. The Morgan fingerprint density at radius 3 is 2.40 bits per heavy atom. The van der Waals surface area contributed by atoms with Gasteiger partial charge in [0.25, 0.3) is 5.91 Å². The first-order chi connectivity index (χ1) is 12.1. The lowest BCUT2D eigenvalue weighted by atomic mass is 9.99. The van der Waals surface area contributed by atoms with E-state index in [0.717, 1.165) is 5.56 Å². The predicted molar refractivity (Wildman–Crippen MR) is 91.5 cm³/mol. The first kappa shape index (κ1) is 16.8. The summed E-state index contributed by atoms with van der Waals surface area (Å²) in [4.78, 5) is 19.3. The Morgan fingerprint density at radius 2 is 1.80 bits per heavy atom. The molecule has 0 radical (unpaired) electrons. The van der Waals surface area contributed by atoms with Crippen LogP contribution in [-0.4, -0.2) is 28.8 Å². The minimum Gasteiger partial charge on any atom is -0.351 e. The maximum Gasteiger partial charge on any atom is 0.251 e. The number of aromatic nitrogens is 2. The Balaban J connectivity index is 1.65. The van der Waals surface area contributed by atoms with E-state index in [1.807, 2.05) is 0 Å². The van der Waals surface area contributed by atoms with E-state index in [-0.39, 0.29) is 12.5 Å². The number of carbonyl (C=O) groups is 1. The Hall–Kier alpha value is -3.02. The van der Waals surface area contributed by atoms with Crippen molar-refractivity contribution in [2.24, 2.45) is 0 Å². The molecule has 3 aromatic rings. The average Bonchev–Trinajstić information content (AvgIpc) is 3.17. The smallest absolute Gasteiger partial charge is 0.251 e. The minimum absolute atomic E-state index is 0.125. The van der Waals surface area contributed by atoms with E-state index >= 15 is 0 Å². The van der Waals surface area contributed by atoms with Gasteiger partial charge in [-0.25, -0.2) is 13.8 Å². The van der Waals surface area contributed by atoms with E-state index in [1.54, 1.807) is 67.0 Å². The molecule has 1 amide bonds. The van der Waals surface area contributed by atoms with Crippen LogP contribution < -0.4 is 5.32 Å². The van der Waals surface area contributed by atoms with Crippen molar-refractivity contribution in [3.8, 4) is 11.4 Å². The highest BCUT2D eigenvalue weighted by atomic mass is 19.3. The van der Waals surface area contributed by atoms with Crippen molar-refractivity contribution in [1.29, 1.82) is 0 Å². The van der Waals surface area contributed by atoms with Crippen LogP contribution in [0.4, 0.5) is 8.78 Å². The van der Waals surface area contributed by atoms with Crippen LogP contribution in [0.2, 0.25) is 0 Å². The monoisotopic (exact) mass is 341 g/mol. The van der Waals surface area contributed by atoms with Gasteiger partial charge in [-0.1, -0.05) is 42.5 Å². The van der Waals surface area contributed by atoms with Crippen LogP contribution in [0.25, 0.3) is 11.4 Å². The molecule has 128 valence electrons. The molecular formula is C19H17F2N3O. The molecule has 0 aliphatic heterocycles. The summed E-state index contributed by atoms with van der Waals surface area (Å²) in [6.45, 7) is -0.125. The lowest BCUT2D eigenvalue weighted by Gasteiger charge is -2.17. The van der Waals surface area contributed by atoms with E-state index in [1.165, 1.54) is 0 Å². The van der Waals surface area contributed by atoms with Gasteiger partial charge in [-0.2, -0.15) is 0 Å². The molecule has 0 saturated heterocycles. The van der Waals surface area contributed by atoms with Gasteiger partial charge in [0, 0.05) is 30.1 Å². The normalized spacial score (nSPS) is 12.1. The highest BCUT2D eigenvalue weighted by Crippen LogP contribution is 2.22. The number of nitrogens with zero attached hydrogens (tertiary/aromatic N) is 1. The summed E-state index contributed by atoms with van der Waals surface area (Å²) in [6.07, 6.45) is 0.803. The molecule has 0 bridgehead atoms. The van der Waals surface area contributed by atoms with Crippen molar-refractivity contribution >= 4 is 5.91 Å². The third-order valence-corrected chi connectivity index (χ3v) is 3.93. The Bertz CT molecular complexity index is 802. The highest BCUT2D eigenvalue weighted by Gasteiger charge is 2.23. The molecule has 0 aliphatic carbocycles. The molecule has 4 nitrogen and oxygen atoms in total. The number of hydrogen-bond donors (Lipinski definition) is 2. The van der Waals surface area contributed by atoms with Gasteiger partial charge in [0.05, 0.1) is 5.92 Å². The number of alkyl halides is 2. The fraction of sp³-hybridized carbons (Fsp3) is 0.158. The largest absolute Gasteiger partial charge is 0.351 e. The van der Waals surface area contributed by atoms with Crippen LogP contribution in [-0.2, 0) is 0 Å². The molecule has 1 heterocycles. The third-order valence-electron chi connectivity index (χ3n) is 3.93. The summed E-state index contributed by atoms with van der Waals surface area (Å²) in [7, 11) is 0. The lowest BCUT2D eigenvalue weighted by Crippen LogP contribution is -2.31. The SMILES string of the molecule is O=C(NCC(c1ccccc1)C(F)F)c1ccc(-c2ncc[nH]2)cc1. The summed E-state index contributed by atoms with van der Waals surface area (Å²) in [5.74, 6) is -0.714. The molecule has 1 atom stereocenters. The number of amides is 1. The number of halogens is 2. The topological polar surface area (TPSA) is 57.8 Å². The van der Waals surface area contributed by atoms with Gasteiger partial charge >= 0.3 is 0 Å². The standard InChI is InChI=1S/C19H17F2N3O/c20-17(21)16(13-4-2-1-3-5-13)12-24-19(25)15-8-6-14(7-9-15)18-22-10-11-23-18/h1-11,16-17H,12H2,(H,22,23)(H,24,25). The zero-order valence-corrected chi connectivity index (χ0v) is 13.3. The predicted octanol–water partition coefficient (Wildman–Crippen LogP) is 3.86. The second-order valence-electron chi connectivity index (χ2n) is 5.58. The second kappa shape index (κ2) is 7.70. The average molecular weight is 341 g/mol. The van der Waals surface area contributed by atoms with Crippen molar-refractivity contribution in [3.63, 3.8) is 0 Å². The van der Waals surface area contributed by atoms with Crippen LogP contribution in [0, 0.1) is 0 Å². The molecule has 0 saturated carbocycles. The molecule has 3 rings (SSSR count). The molecule has 0 spiro atoms. The lowest BCUT2D eigenvalue weighted by molar-refractivity contribution is 0.0902. The molecular weight excluding hydrogens is 324 g/mol. The van der Waals surface area contributed by atoms with Crippen molar-refractivity contribution in [3.05, 3.63) is 78.1 Å². The molecule has 0 aliphatic rings. The van der Waals surface area contributed by atoms with Gasteiger partial charge in [-0.15, -0.1) is 0 Å². The number of H-pyrrole nitrogens is 1. The number of aromatic amines is 1. The summed E-state index contributed by atoms with van der Waals surface area (Å²) in [5, 5.41) is 2.59.